The fourth-order valence-electron chi connectivity index (χ4n) is 6.37. The highest BCUT2D eigenvalue weighted by Crippen LogP contribution is 2.55. The molecule has 0 fully saturated rings. The Morgan fingerprint density at radius 1 is 0.951 bits per heavy atom. The van der Waals surface area contributed by atoms with E-state index < -0.39 is 11.9 Å². The number of nitrogens with zero attached hydrogens (tertiary/aromatic N) is 1. The van der Waals surface area contributed by atoms with E-state index in [1.54, 1.807) is 29.2 Å². The van der Waals surface area contributed by atoms with Gasteiger partial charge in [0, 0.05) is 41.3 Å². The third kappa shape index (κ3) is 5.80. The quantitative estimate of drug-likeness (QED) is 0.370. The number of hydrogen-bond acceptors (Lipinski definition) is 5. The smallest absolute Gasteiger partial charge is 0.323 e. The molecule has 5 rings (SSSR count). The molecule has 0 spiro atoms. The number of carbonyl (C=O) groups excluding carboxylic acids is 2. The molecule has 0 amide bonds. The molecule has 3 aliphatic rings. The number of carboxylic acids is 1. The van der Waals surface area contributed by atoms with E-state index in [9.17, 15) is 23.9 Å². The second kappa shape index (κ2) is 10.6. The van der Waals surface area contributed by atoms with Crippen molar-refractivity contribution in [1.29, 1.82) is 0 Å². The first kappa shape index (κ1) is 29.3. The average molecular weight is 601 g/mol. The molecule has 6 nitrogen and oxygen atoms in total. The van der Waals surface area contributed by atoms with Crippen molar-refractivity contribution in [3.63, 3.8) is 0 Å². The summed E-state index contributed by atoms with van der Waals surface area (Å²) < 4.78 is 19.5. The van der Waals surface area contributed by atoms with Crippen LogP contribution in [-0.4, -0.2) is 34.1 Å². The highest BCUT2D eigenvalue weighted by molar-refractivity contribution is 6.37. The fourth-order valence-corrected chi connectivity index (χ4v) is 6.99. The van der Waals surface area contributed by atoms with Gasteiger partial charge in [-0.2, -0.15) is 0 Å². The van der Waals surface area contributed by atoms with E-state index in [-0.39, 0.29) is 70.0 Å². The van der Waals surface area contributed by atoms with Gasteiger partial charge >= 0.3 is 5.97 Å². The number of allylic oxidation sites excluding steroid dienone is 4. The Balaban J connectivity index is 1.64. The number of carboxylic acid groups (broad SMARTS) is 1. The minimum absolute atomic E-state index is 0.0376. The Morgan fingerprint density at radius 3 is 1.98 bits per heavy atom. The van der Waals surface area contributed by atoms with Crippen molar-refractivity contribution >= 4 is 40.7 Å². The number of halogens is 3. The Morgan fingerprint density at radius 2 is 1.49 bits per heavy atom. The van der Waals surface area contributed by atoms with Crippen LogP contribution in [0.3, 0.4) is 0 Å². The molecular weight excluding hydrogens is 568 g/mol. The molecule has 1 N–H and O–H groups in total. The van der Waals surface area contributed by atoms with Crippen LogP contribution in [0, 0.1) is 16.6 Å². The van der Waals surface area contributed by atoms with Crippen LogP contribution in [0.4, 0.5) is 4.39 Å². The first-order valence-corrected chi connectivity index (χ1v) is 14.3. The van der Waals surface area contributed by atoms with Crippen LogP contribution in [0.5, 0.6) is 5.75 Å². The van der Waals surface area contributed by atoms with E-state index >= 15 is 0 Å². The monoisotopic (exact) mass is 599 g/mol. The Labute approximate surface area is 248 Å². The Bertz CT molecular complexity index is 1460. The lowest BCUT2D eigenvalue weighted by Gasteiger charge is -2.48. The highest BCUT2D eigenvalue weighted by Gasteiger charge is 2.49. The van der Waals surface area contributed by atoms with E-state index in [0.717, 1.165) is 0 Å². The van der Waals surface area contributed by atoms with Crippen LogP contribution in [0.2, 0.25) is 10.0 Å². The highest BCUT2D eigenvalue weighted by atomic mass is 35.5. The van der Waals surface area contributed by atoms with Crippen molar-refractivity contribution < 1.29 is 28.6 Å². The van der Waals surface area contributed by atoms with Gasteiger partial charge in [0.05, 0.1) is 10.0 Å². The lowest BCUT2D eigenvalue weighted by molar-refractivity contribution is -0.138. The zero-order valence-electron chi connectivity index (χ0n) is 23.4. The number of benzene rings is 2. The summed E-state index contributed by atoms with van der Waals surface area (Å²) >= 11 is 13.4. The second-order valence-electron chi connectivity index (χ2n) is 12.7. The summed E-state index contributed by atoms with van der Waals surface area (Å²) in [7, 11) is 0. The van der Waals surface area contributed by atoms with Gasteiger partial charge in [0.2, 0.25) is 0 Å². The van der Waals surface area contributed by atoms with Crippen LogP contribution >= 0.6 is 23.2 Å². The van der Waals surface area contributed by atoms with E-state index in [0.29, 0.717) is 46.5 Å². The SMILES string of the molecule is CC1(C)CC(=O)C2=C(C1)N(CC(=O)O)C1=C(C(=O)CC(C)(C)C1)C2c1cc(Cl)c(OCc2cccc(F)c2)c(Cl)c1. The van der Waals surface area contributed by atoms with Crippen molar-refractivity contribution in [2.24, 2.45) is 10.8 Å². The molecule has 2 aliphatic carbocycles. The number of Topliss-reactive ketones (excluding diaryl/α,β-unsaturated/α-hetero) is 2. The summed E-state index contributed by atoms with van der Waals surface area (Å²) in [5.41, 5.74) is 2.54. The lowest BCUT2D eigenvalue weighted by Crippen LogP contribution is -2.45. The molecule has 41 heavy (non-hydrogen) atoms. The first-order chi connectivity index (χ1) is 19.2. The van der Waals surface area contributed by atoms with Crippen LogP contribution in [0.25, 0.3) is 0 Å². The summed E-state index contributed by atoms with van der Waals surface area (Å²) in [5.74, 6) is -2.20. The number of ketones is 2. The van der Waals surface area contributed by atoms with Crippen molar-refractivity contribution in [3.8, 4) is 5.75 Å². The number of hydrogen-bond donors (Lipinski definition) is 1. The topological polar surface area (TPSA) is 83.9 Å². The molecule has 0 aromatic heterocycles. The maximum atomic E-state index is 13.8. The third-order valence-electron chi connectivity index (χ3n) is 7.94. The van der Waals surface area contributed by atoms with Crippen LogP contribution in [0.1, 0.15) is 70.4 Å². The summed E-state index contributed by atoms with van der Waals surface area (Å²) in [6.45, 7) is 7.64. The molecule has 216 valence electrons. The molecule has 0 radical (unpaired) electrons. The van der Waals surface area contributed by atoms with E-state index in [4.69, 9.17) is 27.9 Å². The molecule has 0 saturated heterocycles. The Hall–Kier alpha value is -3.16. The third-order valence-corrected chi connectivity index (χ3v) is 8.50. The molecule has 2 aromatic rings. The van der Waals surface area contributed by atoms with E-state index in [2.05, 4.69) is 0 Å². The largest absolute Gasteiger partial charge is 0.486 e. The molecule has 0 saturated carbocycles. The van der Waals surface area contributed by atoms with Gasteiger partial charge in [0.25, 0.3) is 0 Å². The van der Waals surface area contributed by atoms with E-state index in [1.807, 2.05) is 27.7 Å². The molecule has 2 aromatic carbocycles. The van der Waals surface area contributed by atoms with Gasteiger partial charge in [-0.15, -0.1) is 0 Å². The van der Waals surface area contributed by atoms with Gasteiger partial charge in [-0.3, -0.25) is 14.4 Å². The van der Waals surface area contributed by atoms with Gasteiger partial charge in [0.1, 0.15) is 19.0 Å². The summed E-state index contributed by atoms with van der Waals surface area (Å²) in [4.78, 5) is 41.3. The van der Waals surface area contributed by atoms with Gasteiger partial charge in [-0.25, -0.2) is 4.39 Å². The molecule has 0 unspecified atom stereocenters. The number of aliphatic carboxylic acids is 1. The van der Waals surface area contributed by atoms with Crippen LogP contribution in [-0.2, 0) is 21.0 Å². The van der Waals surface area contributed by atoms with Gasteiger partial charge in [-0.05, 0) is 59.1 Å². The zero-order valence-corrected chi connectivity index (χ0v) is 25.0. The van der Waals surface area contributed by atoms with Crippen molar-refractivity contribution in [2.75, 3.05) is 6.54 Å². The summed E-state index contributed by atoms with van der Waals surface area (Å²) in [6, 6.07) is 9.31. The second-order valence-corrected chi connectivity index (χ2v) is 13.6. The molecule has 1 aliphatic heterocycles. The number of rotatable bonds is 6. The molecule has 0 bridgehead atoms. The van der Waals surface area contributed by atoms with Gasteiger partial charge in [0.15, 0.2) is 17.3 Å². The fraction of sp³-hybridized carbons (Fsp3) is 0.406. The zero-order chi connectivity index (χ0) is 29.9. The van der Waals surface area contributed by atoms with Crippen LogP contribution < -0.4 is 4.74 Å². The molecule has 1 heterocycles. The predicted octanol–water partition coefficient (Wildman–Crippen LogP) is 7.48. The van der Waals surface area contributed by atoms with Gasteiger partial charge in [-0.1, -0.05) is 63.0 Å². The minimum Gasteiger partial charge on any atom is -0.486 e. The molecular formula is C32H32Cl2FNO5. The Kier molecular flexibility index (Phi) is 7.58. The predicted molar refractivity (Wildman–Crippen MR) is 154 cm³/mol. The molecule has 9 heteroatoms. The number of ether oxygens (including phenoxy) is 1. The maximum Gasteiger partial charge on any atom is 0.323 e. The molecule has 0 atom stereocenters. The average Bonchev–Trinajstić information content (AvgIpc) is 2.82. The van der Waals surface area contributed by atoms with Crippen molar-refractivity contribution in [2.45, 2.75) is 65.9 Å². The van der Waals surface area contributed by atoms with Gasteiger partial charge < -0.3 is 14.7 Å². The first-order valence-electron chi connectivity index (χ1n) is 13.5. The van der Waals surface area contributed by atoms with Crippen molar-refractivity contribution in [3.05, 3.63) is 85.9 Å². The van der Waals surface area contributed by atoms with Crippen molar-refractivity contribution in [1.82, 2.24) is 4.90 Å². The lowest BCUT2D eigenvalue weighted by atomic mass is 9.63. The van der Waals surface area contributed by atoms with E-state index in [1.165, 1.54) is 12.1 Å². The normalized spacial score (nSPS) is 20.2. The standard InChI is InChI=1S/C32H32Cl2FNO5/c1-31(2)11-22-28(24(37)13-31)27(29-23(36(22)15-26(39)40)12-32(3,4)14-25(29)38)18-9-20(33)30(21(34)10-18)41-16-17-6-5-7-19(35)8-17/h5-10,27H,11-16H2,1-4H3,(H,39,40). The number of carbonyl (C=O) groups is 3. The maximum absolute atomic E-state index is 13.8. The van der Waals surface area contributed by atoms with Crippen LogP contribution in [0.15, 0.2) is 58.9 Å². The summed E-state index contributed by atoms with van der Waals surface area (Å²) in [6.07, 6.45) is 1.50. The minimum atomic E-state index is -1.04. The summed E-state index contributed by atoms with van der Waals surface area (Å²) in [5, 5.41) is 10.2.